The zero-order valence-corrected chi connectivity index (χ0v) is 10.9. The van der Waals surface area contributed by atoms with Gasteiger partial charge in [0.05, 0.1) is 5.92 Å². The number of hydrogen-bond acceptors (Lipinski definition) is 3. The van der Waals surface area contributed by atoms with Crippen molar-refractivity contribution in [2.24, 2.45) is 11.3 Å². The number of nitrogens with one attached hydrogen (secondary N) is 3. The van der Waals surface area contributed by atoms with Crippen LogP contribution in [0.1, 0.15) is 27.2 Å². The molecule has 3 N–H and O–H groups in total. The maximum atomic E-state index is 11.6. The smallest absolute Gasteiger partial charge is 0.225 e. The Morgan fingerprint density at radius 2 is 1.88 bits per heavy atom. The first-order valence-electron chi connectivity index (χ1n) is 6.18. The third-order valence-electron chi connectivity index (χ3n) is 2.82. The Labute approximate surface area is 103 Å². The molecule has 1 rings (SSSR count). The molecule has 17 heavy (non-hydrogen) atoms. The number of amides is 2. The molecule has 0 aromatic carbocycles. The highest BCUT2D eigenvalue weighted by Gasteiger charge is 2.22. The third kappa shape index (κ3) is 4.73. The van der Waals surface area contributed by atoms with Crippen LogP contribution in [0, 0.1) is 11.3 Å². The lowest BCUT2D eigenvalue weighted by Crippen LogP contribution is -2.41. The molecule has 1 atom stereocenters. The van der Waals surface area contributed by atoms with Gasteiger partial charge in [0.2, 0.25) is 11.8 Å². The Morgan fingerprint density at radius 3 is 2.41 bits per heavy atom. The van der Waals surface area contributed by atoms with Gasteiger partial charge in [0, 0.05) is 25.0 Å². The summed E-state index contributed by atoms with van der Waals surface area (Å²) < 4.78 is 0. The fourth-order valence-electron chi connectivity index (χ4n) is 1.65. The van der Waals surface area contributed by atoms with Crippen molar-refractivity contribution >= 4 is 11.8 Å². The first-order valence-corrected chi connectivity index (χ1v) is 6.18. The Morgan fingerprint density at radius 1 is 1.24 bits per heavy atom. The molecule has 1 fully saturated rings. The van der Waals surface area contributed by atoms with Gasteiger partial charge < -0.3 is 16.0 Å². The Hall–Kier alpha value is -1.10. The summed E-state index contributed by atoms with van der Waals surface area (Å²) >= 11 is 0. The molecular formula is C12H23N3O2. The van der Waals surface area contributed by atoms with Crippen LogP contribution in [0.3, 0.4) is 0 Å². The van der Waals surface area contributed by atoms with E-state index in [2.05, 4.69) is 16.0 Å². The van der Waals surface area contributed by atoms with Crippen LogP contribution in [0.15, 0.2) is 0 Å². The lowest BCUT2D eigenvalue weighted by atomic mass is 9.96. The average Bonchev–Trinajstić information content (AvgIpc) is 2.75. The van der Waals surface area contributed by atoms with E-state index in [1.165, 1.54) is 0 Å². The van der Waals surface area contributed by atoms with Crippen LogP contribution in [0.5, 0.6) is 0 Å². The van der Waals surface area contributed by atoms with Crippen molar-refractivity contribution < 1.29 is 9.59 Å². The van der Waals surface area contributed by atoms with Gasteiger partial charge in [-0.2, -0.15) is 0 Å². The van der Waals surface area contributed by atoms with Crippen molar-refractivity contribution in [3.05, 3.63) is 0 Å². The van der Waals surface area contributed by atoms with E-state index in [-0.39, 0.29) is 23.1 Å². The number of hydrogen-bond donors (Lipinski definition) is 3. The summed E-state index contributed by atoms with van der Waals surface area (Å²) in [6.45, 7) is 8.26. The summed E-state index contributed by atoms with van der Waals surface area (Å²) in [5.74, 6) is 0.183. The van der Waals surface area contributed by atoms with Gasteiger partial charge in [0.15, 0.2) is 0 Å². The first kappa shape index (κ1) is 14.0. The predicted molar refractivity (Wildman–Crippen MR) is 66.5 cm³/mol. The molecule has 5 nitrogen and oxygen atoms in total. The number of rotatable bonds is 4. The van der Waals surface area contributed by atoms with Gasteiger partial charge in [-0.3, -0.25) is 9.59 Å². The molecule has 1 heterocycles. The molecule has 5 heteroatoms. The normalized spacial score (nSPS) is 20.1. The summed E-state index contributed by atoms with van der Waals surface area (Å²) in [5.41, 5.74) is -0.376. The minimum absolute atomic E-state index is 0.00859. The number of carbonyl (C=O) groups excluding carboxylic acids is 2. The predicted octanol–water partition coefficient (Wildman–Crippen LogP) is -0.126. The molecule has 0 saturated carbocycles. The second-order valence-electron chi connectivity index (χ2n) is 5.49. The van der Waals surface area contributed by atoms with Crippen molar-refractivity contribution in [1.29, 1.82) is 0 Å². The number of carbonyl (C=O) groups is 2. The highest BCUT2D eigenvalue weighted by atomic mass is 16.2. The van der Waals surface area contributed by atoms with Gasteiger partial charge in [-0.1, -0.05) is 20.8 Å². The average molecular weight is 241 g/mol. The van der Waals surface area contributed by atoms with E-state index in [1.54, 1.807) is 0 Å². The SMILES string of the molecule is CC(C)(C)C(=O)NCCNC(=O)C1CCNC1. The molecule has 0 aliphatic carbocycles. The molecule has 1 unspecified atom stereocenters. The van der Waals surface area contributed by atoms with E-state index in [1.807, 2.05) is 20.8 Å². The minimum atomic E-state index is -0.376. The standard InChI is InChI=1S/C12H23N3O2/c1-12(2,3)11(17)15-7-6-14-10(16)9-4-5-13-8-9/h9,13H,4-8H2,1-3H3,(H,14,16)(H,15,17). The molecule has 0 radical (unpaired) electrons. The van der Waals surface area contributed by atoms with Crippen LogP contribution < -0.4 is 16.0 Å². The van der Waals surface area contributed by atoms with Crippen molar-refractivity contribution in [3.8, 4) is 0 Å². The molecular weight excluding hydrogens is 218 g/mol. The summed E-state index contributed by atoms with van der Waals surface area (Å²) in [7, 11) is 0. The zero-order chi connectivity index (χ0) is 12.9. The Bertz CT molecular complexity index is 278. The van der Waals surface area contributed by atoms with Crippen LogP contribution >= 0.6 is 0 Å². The molecule has 1 saturated heterocycles. The van der Waals surface area contributed by atoms with Crippen LogP contribution in [-0.2, 0) is 9.59 Å². The summed E-state index contributed by atoms with van der Waals surface area (Å²) in [4.78, 5) is 23.2. The van der Waals surface area contributed by atoms with Gasteiger partial charge in [-0.05, 0) is 13.0 Å². The van der Waals surface area contributed by atoms with Crippen molar-refractivity contribution in [3.63, 3.8) is 0 Å². The van der Waals surface area contributed by atoms with E-state index in [9.17, 15) is 9.59 Å². The van der Waals surface area contributed by atoms with E-state index < -0.39 is 0 Å². The largest absolute Gasteiger partial charge is 0.354 e. The fourth-order valence-corrected chi connectivity index (χ4v) is 1.65. The van der Waals surface area contributed by atoms with Gasteiger partial charge in [0.25, 0.3) is 0 Å². The zero-order valence-electron chi connectivity index (χ0n) is 10.9. The lowest BCUT2D eigenvalue weighted by Gasteiger charge is -2.18. The van der Waals surface area contributed by atoms with E-state index >= 15 is 0 Å². The second kappa shape index (κ2) is 6.00. The lowest BCUT2D eigenvalue weighted by molar-refractivity contribution is -0.129. The van der Waals surface area contributed by atoms with Gasteiger partial charge in [-0.25, -0.2) is 0 Å². The maximum absolute atomic E-state index is 11.6. The second-order valence-corrected chi connectivity index (χ2v) is 5.49. The van der Waals surface area contributed by atoms with Crippen LogP contribution in [0.25, 0.3) is 0 Å². The van der Waals surface area contributed by atoms with E-state index in [4.69, 9.17) is 0 Å². The fraction of sp³-hybridized carbons (Fsp3) is 0.833. The van der Waals surface area contributed by atoms with E-state index in [0.29, 0.717) is 13.1 Å². The highest BCUT2D eigenvalue weighted by Crippen LogP contribution is 2.11. The van der Waals surface area contributed by atoms with Gasteiger partial charge in [-0.15, -0.1) is 0 Å². The minimum Gasteiger partial charge on any atom is -0.354 e. The van der Waals surface area contributed by atoms with Crippen LogP contribution in [0.2, 0.25) is 0 Å². The summed E-state index contributed by atoms with van der Waals surface area (Å²) in [6.07, 6.45) is 0.903. The molecule has 0 bridgehead atoms. The maximum Gasteiger partial charge on any atom is 0.225 e. The topological polar surface area (TPSA) is 70.2 Å². The quantitative estimate of drug-likeness (QED) is 0.601. The molecule has 0 aromatic rings. The van der Waals surface area contributed by atoms with Crippen LogP contribution in [-0.4, -0.2) is 38.0 Å². The molecule has 0 spiro atoms. The molecule has 1 aliphatic rings. The third-order valence-corrected chi connectivity index (χ3v) is 2.82. The van der Waals surface area contributed by atoms with Crippen LogP contribution in [0.4, 0.5) is 0 Å². The Balaban J connectivity index is 2.11. The van der Waals surface area contributed by atoms with Gasteiger partial charge in [0.1, 0.15) is 0 Å². The molecule has 0 aromatic heterocycles. The molecule has 1 aliphatic heterocycles. The van der Waals surface area contributed by atoms with Crippen molar-refractivity contribution in [1.82, 2.24) is 16.0 Å². The van der Waals surface area contributed by atoms with Crippen molar-refractivity contribution in [2.75, 3.05) is 26.2 Å². The molecule has 2 amide bonds. The van der Waals surface area contributed by atoms with Crippen molar-refractivity contribution in [2.45, 2.75) is 27.2 Å². The monoisotopic (exact) mass is 241 g/mol. The first-order chi connectivity index (χ1) is 7.91. The summed E-state index contributed by atoms with van der Waals surface area (Å²) in [6, 6.07) is 0. The highest BCUT2D eigenvalue weighted by molar-refractivity contribution is 5.81. The van der Waals surface area contributed by atoms with E-state index in [0.717, 1.165) is 19.5 Å². The Kier molecular flexibility index (Phi) is 4.93. The molecule has 98 valence electrons. The van der Waals surface area contributed by atoms with Gasteiger partial charge >= 0.3 is 0 Å². The summed E-state index contributed by atoms with van der Waals surface area (Å²) in [5, 5.41) is 8.79.